The molecule has 0 saturated carbocycles. The molecule has 0 fully saturated rings. The Kier molecular flexibility index (Phi) is 3.71. The van der Waals surface area contributed by atoms with Crippen molar-refractivity contribution in [2.75, 3.05) is 0 Å². The number of nitriles is 1. The predicted octanol–water partition coefficient (Wildman–Crippen LogP) is 0.264. The molecule has 0 amide bonds. The van der Waals surface area contributed by atoms with Crippen molar-refractivity contribution in [2.24, 2.45) is 0 Å². The topological polar surface area (TPSA) is 94.2 Å². The molecular weight excluding hydrogens is 204 g/mol. The third-order valence-corrected chi connectivity index (χ3v) is 2.40. The molecule has 2 atom stereocenters. The summed E-state index contributed by atoms with van der Waals surface area (Å²) in [5.41, 5.74) is 0.222. The van der Waals surface area contributed by atoms with Gasteiger partial charge in [-0.25, -0.2) is 4.98 Å². The van der Waals surface area contributed by atoms with Crippen LogP contribution in [0.3, 0.4) is 0 Å². The van der Waals surface area contributed by atoms with Crippen LogP contribution < -0.4 is 0 Å². The fraction of sp³-hybridized carbons (Fsp3) is 0.375. The van der Waals surface area contributed by atoms with Crippen LogP contribution in [0.2, 0.25) is 0 Å². The maximum absolute atomic E-state index is 10.3. The standard InChI is InChI=1S/C8H8N2O3S/c9-2-1-6(12)8(13)5-4-14-7(3-11)10-5/h3-4,6,8,12-13H,1H2. The van der Waals surface area contributed by atoms with E-state index in [4.69, 9.17) is 5.26 Å². The molecule has 0 saturated heterocycles. The number of aliphatic hydroxyl groups excluding tert-OH is 2. The molecule has 0 aliphatic rings. The Morgan fingerprint density at radius 3 is 2.93 bits per heavy atom. The summed E-state index contributed by atoms with van der Waals surface area (Å²) in [5, 5.41) is 28.7. The van der Waals surface area contributed by atoms with Gasteiger partial charge in [-0.2, -0.15) is 5.26 Å². The Morgan fingerprint density at radius 1 is 1.71 bits per heavy atom. The molecule has 0 aromatic carbocycles. The molecule has 1 aromatic rings. The van der Waals surface area contributed by atoms with Gasteiger partial charge in [0.05, 0.1) is 24.3 Å². The minimum absolute atomic E-state index is 0.172. The Morgan fingerprint density at radius 2 is 2.43 bits per heavy atom. The first-order chi connectivity index (χ1) is 6.69. The van der Waals surface area contributed by atoms with Crippen molar-refractivity contribution in [2.45, 2.75) is 18.6 Å². The van der Waals surface area contributed by atoms with Gasteiger partial charge in [-0.3, -0.25) is 4.79 Å². The van der Waals surface area contributed by atoms with Gasteiger partial charge in [-0.05, 0) is 0 Å². The molecule has 0 bridgehead atoms. The van der Waals surface area contributed by atoms with E-state index < -0.39 is 12.2 Å². The largest absolute Gasteiger partial charge is 0.389 e. The van der Waals surface area contributed by atoms with Crippen molar-refractivity contribution in [1.82, 2.24) is 4.98 Å². The predicted molar refractivity (Wildman–Crippen MR) is 48.7 cm³/mol. The second kappa shape index (κ2) is 4.81. The van der Waals surface area contributed by atoms with Crippen molar-refractivity contribution in [1.29, 1.82) is 5.26 Å². The van der Waals surface area contributed by atoms with Crippen molar-refractivity contribution in [3.63, 3.8) is 0 Å². The summed E-state index contributed by atoms with van der Waals surface area (Å²) in [6.45, 7) is 0. The first-order valence-electron chi connectivity index (χ1n) is 3.82. The van der Waals surface area contributed by atoms with Crippen LogP contribution in [-0.4, -0.2) is 27.6 Å². The van der Waals surface area contributed by atoms with E-state index in [1.807, 2.05) is 0 Å². The van der Waals surface area contributed by atoms with Gasteiger partial charge in [0, 0.05) is 5.38 Å². The van der Waals surface area contributed by atoms with Crippen LogP contribution in [0.1, 0.15) is 28.0 Å². The second-order valence-electron chi connectivity index (χ2n) is 2.60. The monoisotopic (exact) mass is 212 g/mol. The molecule has 1 aromatic heterocycles. The summed E-state index contributed by atoms with van der Waals surface area (Å²) in [6, 6.07) is 1.73. The maximum Gasteiger partial charge on any atom is 0.178 e. The van der Waals surface area contributed by atoms with Crippen LogP contribution in [-0.2, 0) is 0 Å². The molecule has 2 N–H and O–H groups in total. The summed E-state index contributed by atoms with van der Waals surface area (Å²) in [5.74, 6) is 0. The zero-order valence-corrected chi connectivity index (χ0v) is 7.94. The molecule has 0 radical (unpaired) electrons. The number of aldehydes is 1. The van der Waals surface area contributed by atoms with E-state index in [-0.39, 0.29) is 17.1 Å². The van der Waals surface area contributed by atoms with E-state index in [1.165, 1.54) is 5.38 Å². The Balaban J connectivity index is 2.73. The van der Waals surface area contributed by atoms with E-state index in [0.717, 1.165) is 11.3 Å². The number of rotatable bonds is 4. The highest BCUT2D eigenvalue weighted by Crippen LogP contribution is 2.20. The summed E-state index contributed by atoms with van der Waals surface area (Å²) in [6.07, 6.45) is -1.98. The first-order valence-corrected chi connectivity index (χ1v) is 4.70. The molecule has 74 valence electrons. The number of aliphatic hydroxyl groups is 2. The molecule has 1 rings (SSSR count). The molecule has 14 heavy (non-hydrogen) atoms. The second-order valence-corrected chi connectivity index (χ2v) is 3.49. The van der Waals surface area contributed by atoms with E-state index >= 15 is 0 Å². The summed E-state index contributed by atoms with van der Waals surface area (Å²) >= 11 is 1.08. The molecular formula is C8H8N2O3S. The molecule has 1 heterocycles. The lowest BCUT2D eigenvalue weighted by Crippen LogP contribution is -2.17. The average Bonchev–Trinajstić information content (AvgIpc) is 2.65. The van der Waals surface area contributed by atoms with Gasteiger partial charge in [0.1, 0.15) is 6.10 Å². The van der Waals surface area contributed by atoms with Crippen LogP contribution in [0.25, 0.3) is 0 Å². The van der Waals surface area contributed by atoms with Gasteiger partial charge in [0.15, 0.2) is 11.3 Å². The Labute approximate surface area is 84.3 Å². The summed E-state index contributed by atoms with van der Waals surface area (Å²) in [7, 11) is 0. The van der Waals surface area contributed by atoms with Crippen LogP contribution in [0.4, 0.5) is 0 Å². The number of carbonyl (C=O) groups is 1. The number of nitrogens with zero attached hydrogens (tertiary/aromatic N) is 2. The highest BCUT2D eigenvalue weighted by Gasteiger charge is 2.20. The third-order valence-electron chi connectivity index (χ3n) is 1.61. The Bertz CT molecular complexity index is 358. The number of hydrogen-bond acceptors (Lipinski definition) is 6. The van der Waals surface area contributed by atoms with Gasteiger partial charge in [0.25, 0.3) is 0 Å². The smallest absolute Gasteiger partial charge is 0.178 e. The zero-order valence-electron chi connectivity index (χ0n) is 7.12. The SMILES string of the molecule is N#CCC(O)C(O)c1csc(C=O)n1. The number of hydrogen-bond donors (Lipinski definition) is 2. The Hall–Kier alpha value is -1.29. The zero-order chi connectivity index (χ0) is 10.6. The quantitative estimate of drug-likeness (QED) is 0.698. The minimum atomic E-state index is -1.21. The summed E-state index contributed by atoms with van der Waals surface area (Å²) in [4.78, 5) is 14.1. The van der Waals surface area contributed by atoms with Crippen molar-refractivity contribution < 1.29 is 15.0 Å². The van der Waals surface area contributed by atoms with Crippen molar-refractivity contribution >= 4 is 17.6 Å². The van der Waals surface area contributed by atoms with E-state index in [1.54, 1.807) is 6.07 Å². The van der Waals surface area contributed by atoms with Gasteiger partial charge in [0.2, 0.25) is 0 Å². The van der Waals surface area contributed by atoms with Crippen molar-refractivity contribution in [3.05, 3.63) is 16.1 Å². The maximum atomic E-state index is 10.3. The number of aromatic nitrogens is 1. The molecule has 0 spiro atoms. The highest BCUT2D eigenvalue weighted by atomic mass is 32.1. The fourth-order valence-electron chi connectivity index (χ4n) is 0.893. The van der Waals surface area contributed by atoms with Crippen LogP contribution >= 0.6 is 11.3 Å². The molecule has 6 heteroatoms. The van der Waals surface area contributed by atoms with Crippen LogP contribution in [0, 0.1) is 11.3 Å². The average molecular weight is 212 g/mol. The van der Waals surface area contributed by atoms with Gasteiger partial charge in [-0.15, -0.1) is 11.3 Å². The molecule has 5 nitrogen and oxygen atoms in total. The molecule has 0 aliphatic heterocycles. The minimum Gasteiger partial charge on any atom is -0.389 e. The molecule has 2 unspecified atom stereocenters. The highest BCUT2D eigenvalue weighted by molar-refractivity contribution is 7.11. The van der Waals surface area contributed by atoms with Crippen molar-refractivity contribution in [3.8, 4) is 6.07 Å². The first kappa shape index (κ1) is 10.8. The lowest BCUT2D eigenvalue weighted by Gasteiger charge is -2.11. The lowest BCUT2D eigenvalue weighted by molar-refractivity contribution is 0.0193. The van der Waals surface area contributed by atoms with Crippen LogP contribution in [0.15, 0.2) is 5.38 Å². The van der Waals surface area contributed by atoms with Gasteiger partial charge >= 0.3 is 0 Å². The lowest BCUT2D eigenvalue weighted by atomic mass is 10.1. The van der Waals surface area contributed by atoms with E-state index in [9.17, 15) is 15.0 Å². The number of thiazole rings is 1. The third kappa shape index (κ3) is 2.35. The van der Waals surface area contributed by atoms with E-state index in [2.05, 4.69) is 4.98 Å². The molecule has 0 aliphatic carbocycles. The number of carbonyl (C=O) groups excluding carboxylic acids is 1. The van der Waals surface area contributed by atoms with Gasteiger partial charge in [-0.1, -0.05) is 0 Å². The van der Waals surface area contributed by atoms with E-state index in [0.29, 0.717) is 6.29 Å². The summed E-state index contributed by atoms with van der Waals surface area (Å²) < 4.78 is 0. The van der Waals surface area contributed by atoms with Crippen LogP contribution in [0.5, 0.6) is 0 Å². The van der Waals surface area contributed by atoms with Gasteiger partial charge < -0.3 is 10.2 Å². The fourth-order valence-corrected chi connectivity index (χ4v) is 1.54. The normalized spacial score (nSPS) is 14.4.